The van der Waals surface area contributed by atoms with Crippen molar-refractivity contribution >= 4 is 15.8 Å². The summed E-state index contributed by atoms with van der Waals surface area (Å²) in [5.74, 6) is 0.132. The number of nitrogens with zero attached hydrogens (tertiary/aromatic N) is 3. The molecule has 114 valence electrons. The van der Waals surface area contributed by atoms with E-state index in [0.29, 0.717) is 6.54 Å². The number of nitrogens with two attached hydrogens (primary N) is 1. The minimum Gasteiger partial charge on any atom is -0.508 e. The lowest BCUT2D eigenvalue weighted by Crippen LogP contribution is -2.26. The van der Waals surface area contributed by atoms with Crippen LogP contribution in [0.3, 0.4) is 0 Å². The lowest BCUT2D eigenvalue weighted by molar-refractivity contribution is 0.464. The summed E-state index contributed by atoms with van der Waals surface area (Å²) < 4.78 is 27.7. The molecule has 1 aromatic heterocycles. The SMILES string of the molecule is CCn1cc(S(=O)(=O)N(C)Cc2ccc(O)cc2)c(N)n1. The van der Waals surface area contributed by atoms with E-state index >= 15 is 0 Å². The Morgan fingerprint density at radius 2 is 1.95 bits per heavy atom. The van der Waals surface area contributed by atoms with Gasteiger partial charge in [0.1, 0.15) is 10.6 Å². The molecule has 0 spiro atoms. The molecule has 8 heteroatoms. The number of anilines is 1. The number of benzene rings is 1. The standard InChI is InChI=1S/C13H18N4O3S/c1-3-17-9-12(13(14)15-17)21(19,20)16(2)8-10-4-6-11(18)7-5-10/h4-7,9,18H,3,8H2,1-2H3,(H2,14,15). The average Bonchev–Trinajstić information content (AvgIpc) is 2.83. The summed E-state index contributed by atoms with van der Waals surface area (Å²) in [6.07, 6.45) is 1.43. The Labute approximate surface area is 123 Å². The number of aromatic nitrogens is 2. The zero-order valence-electron chi connectivity index (χ0n) is 11.9. The van der Waals surface area contributed by atoms with Crippen molar-refractivity contribution in [3.05, 3.63) is 36.0 Å². The third kappa shape index (κ3) is 3.17. The molecule has 7 nitrogen and oxygen atoms in total. The molecule has 0 bridgehead atoms. The molecule has 0 saturated carbocycles. The van der Waals surface area contributed by atoms with Crippen LogP contribution >= 0.6 is 0 Å². The fourth-order valence-electron chi connectivity index (χ4n) is 1.89. The van der Waals surface area contributed by atoms with Gasteiger partial charge in [0.25, 0.3) is 0 Å². The van der Waals surface area contributed by atoms with Crippen LogP contribution in [0.2, 0.25) is 0 Å². The predicted octanol–water partition coefficient (Wildman–Crippen LogP) is 1.01. The highest BCUT2D eigenvalue weighted by molar-refractivity contribution is 7.89. The van der Waals surface area contributed by atoms with E-state index in [0.717, 1.165) is 5.56 Å². The summed E-state index contributed by atoms with van der Waals surface area (Å²) in [7, 11) is -2.23. The number of hydrogen-bond acceptors (Lipinski definition) is 5. The van der Waals surface area contributed by atoms with Crippen molar-refractivity contribution < 1.29 is 13.5 Å². The Hall–Kier alpha value is -2.06. The Bertz CT molecular complexity index is 722. The summed E-state index contributed by atoms with van der Waals surface area (Å²) in [5.41, 5.74) is 6.45. The topological polar surface area (TPSA) is 101 Å². The van der Waals surface area contributed by atoms with Gasteiger partial charge in [0.15, 0.2) is 5.82 Å². The van der Waals surface area contributed by atoms with Crippen LogP contribution in [0.1, 0.15) is 12.5 Å². The van der Waals surface area contributed by atoms with Crippen LogP contribution < -0.4 is 5.73 Å². The zero-order valence-corrected chi connectivity index (χ0v) is 12.7. The number of aromatic hydroxyl groups is 1. The zero-order chi connectivity index (χ0) is 15.6. The van der Waals surface area contributed by atoms with E-state index < -0.39 is 10.0 Å². The van der Waals surface area contributed by atoms with Crippen LogP contribution in [0.15, 0.2) is 35.4 Å². The number of aryl methyl sites for hydroxylation is 1. The molecule has 0 fully saturated rings. The first kappa shape index (κ1) is 15.3. The third-order valence-corrected chi connectivity index (χ3v) is 4.93. The van der Waals surface area contributed by atoms with E-state index in [1.807, 2.05) is 6.92 Å². The van der Waals surface area contributed by atoms with E-state index in [-0.39, 0.29) is 23.0 Å². The maximum atomic E-state index is 12.5. The minimum atomic E-state index is -3.70. The first-order valence-corrected chi connectivity index (χ1v) is 7.85. The van der Waals surface area contributed by atoms with Crippen molar-refractivity contribution in [1.82, 2.24) is 14.1 Å². The second kappa shape index (κ2) is 5.74. The number of sulfonamides is 1. The molecule has 0 radical (unpaired) electrons. The quantitative estimate of drug-likeness (QED) is 0.858. The predicted molar refractivity (Wildman–Crippen MR) is 79.1 cm³/mol. The van der Waals surface area contributed by atoms with Crippen LogP contribution in [0.4, 0.5) is 5.82 Å². The second-order valence-corrected chi connectivity index (χ2v) is 6.68. The fourth-order valence-corrected chi connectivity index (χ4v) is 3.10. The maximum absolute atomic E-state index is 12.5. The summed E-state index contributed by atoms with van der Waals surface area (Å²) >= 11 is 0. The first-order chi connectivity index (χ1) is 9.84. The van der Waals surface area contributed by atoms with Crippen molar-refractivity contribution in [3.63, 3.8) is 0 Å². The molecule has 21 heavy (non-hydrogen) atoms. The van der Waals surface area contributed by atoms with Crippen LogP contribution in [-0.4, -0.2) is 34.7 Å². The van der Waals surface area contributed by atoms with Gasteiger partial charge in [0.05, 0.1) is 0 Å². The van der Waals surface area contributed by atoms with Crippen LogP contribution in [0.25, 0.3) is 0 Å². The molecule has 0 saturated heterocycles. The van der Waals surface area contributed by atoms with Gasteiger partial charge in [-0.3, -0.25) is 4.68 Å². The lowest BCUT2D eigenvalue weighted by atomic mass is 10.2. The minimum absolute atomic E-state index is 0.00518. The van der Waals surface area contributed by atoms with Gasteiger partial charge in [-0.1, -0.05) is 12.1 Å². The molecule has 0 aliphatic carbocycles. The smallest absolute Gasteiger partial charge is 0.248 e. The Balaban J connectivity index is 2.25. The molecule has 1 heterocycles. The van der Waals surface area contributed by atoms with Gasteiger partial charge >= 0.3 is 0 Å². The van der Waals surface area contributed by atoms with Crippen molar-refractivity contribution in [3.8, 4) is 5.75 Å². The molecule has 2 aromatic rings. The monoisotopic (exact) mass is 310 g/mol. The van der Waals surface area contributed by atoms with Gasteiger partial charge in [-0.25, -0.2) is 8.42 Å². The number of phenolic OH excluding ortho intramolecular Hbond substituents is 1. The van der Waals surface area contributed by atoms with Crippen molar-refractivity contribution in [2.24, 2.45) is 0 Å². The average molecular weight is 310 g/mol. The molecule has 3 N–H and O–H groups in total. The van der Waals surface area contributed by atoms with Gasteiger partial charge in [0.2, 0.25) is 10.0 Å². The van der Waals surface area contributed by atoms with Gasteiger partial charge in [-0.05, 0) is 24.6 Å². The molecule has 2 rings (SSSR count). The Kier molecular flexibility index (Phi) is 4.19. The van der Waals surface area contributed by atoms with E-state index in [1.54, 1.807) is 12.1 Å². The van der Waals surface area contributed by atoms with Crippen molar-refractivity contribution in [2.45, 2.75) is 24.9 Å². The molecule has 0 aliphatic heterocycles. The van der Waals surface area contributed by atoms with Crippen LogP contribution in [0, 0.1) is 0 Å². The van der Waals surface area contributed by atoms with Gasteiger partial charge in [-0.2, -0.15) is 9.40 Å². The van der Waals surface area contributed by atoms with E-state index in [2.05, 4.69) is 5.10 Å². The largest absolute Gasteiger partial charge is 0.508 e. The normalized spacial score (nSPS) is 12.0. The third-order valence-electron chi connectivity index (χ3n) is 3.11. The highest BCUT2D eigenvalue weighted by Crippen LogP contribution is 2.22. The van der Waals surface area contributed by atoms with Crippen molar-refractivity contribution in [1.29, 1.82) is 0 Å². The molecule has 0 aliphatic rings. The summed E-state index contributed by atoms with van der Waals surface area (Å²) in [6.45, 7) is 2.57. The molecular formula is C13H18N4O3S. The first-order valence-electron chi connectivity index (χ1n) is 6.41. The fraction of sp³-hybridized carbons (Fsp3) is 0.308. The van der Waals surface area contributed by atoms with Crippen LogP contribution in [-0.2, 0) is 23.1 Å². The Morgan fingerprint density at radius 1 is 1.33 bits per heavy atom. The highest BCUT2D eigenvalue weighted by Gasteiger charge is 2.26. The number of nitrogen functional groups attached to an aromatic ring is 1. The van der Waals surface area contributed by atoms with Crippen LogP contribution in [0.5, 0.6) is 5.75 Å². The summed E-state index contributed by atoms with van der Waals surface area (Å²) in [4.78, 5) is 0.00521. The summed E-state index contributed by atoms with van der Waals surface area (Å²) in [5, 5.41) is 13.2. The molecule has 0 unspecified atom stereocenters. The lowest BCUT2D eigenvalue weighted by Gasteiger charge is -2.16. The molecule has 0 amide bonds. The maximum Gasteiger partial charge on any atom is 0.248 e. The second-order valence-electron chi connectivity index (χ2n) is 4.66. The molecule has 1 aromatic carbocycles. The van der Waals surface area contributed by atoms with E-state index in [1.165, 1.54) is 34.4 Å². The highest BCUT2D eigenvalue weighted by atomic mass is 32.2. The van der Waals surface area contributed by atoms with E-state index in [9.17, 15) is 13.5 Å². The summed E-state index contributed by atoms with van der Waals surface area (Å²) in [6, 6.07) is 6.36. The van der Waals surface area contributed by atoms with Gasteiger partial charge in [-0.15, -0.1) is 0 Å². The number of hydrogen-bond donors (Lipinski definition) is 2. The van der Waals surface area contributed by atoms with Gasteiger partial charge in [0, 0.05) is 26.3 Å². The number of rotatable bonds is 5. The van der Waals surface area contributed by atoms with Crippen molar-refractivity contribution in [2.75, 3.05) is 12.8 Å². The van der Waals surface area contributed by atoms with E-state index in [4.69, 9.17) is 5.73 Å². The van der Waals surface area contributed by atoms with Gasteiger partial charge < -0.3 is 10.8 Å². The Morgan fingerprint density at radius 3 is 2.48 bits per heavy atom. The molecule has 0 atom stereocenters. The molecular weight excluding hydrogens is 292 g/mol. The number of phenols is 1.